The summed E-state index contributed by atoms with van der Waals surface area (Å²) in [5.74, 6) is 1.64. The van der Waals surface area contributed by atoms with Gasteiger partial charge in [0.25, 0.3) is 0 Å². The van der Waals surface area contributed by atoms with Crippen LogP contribution in [0.4, 0.5) is 0 Å². The quantitative estimate of drug-likeness (QED) is 0.933. The molecule has 2 heterocycles. The summed E-state index contributed by atoms with van der Waals surface area (Å²) in [6.07, 6.45) is 5.46. The molecule has 0 spiro atoms. The number of hydrogen-bond acceptors (Lipinski definition) is 3. The number of aromatic nitrogens is 1. The highest BCUT2D eigenvalue weighted by Gasteiger charge is 2.13. The van der Waals surface area contributed by atoms with Crippen molar-refractivity contribution in [1.29, 1.82) is 0 Å². The van der Waals surface area contributed by atoms with E-state index in [0.717, 1.165) is 48.7 Å². The van der Waals surface area contributed by atoms with E-state index in [2.05, 4.69) is 10.3 Å². The lowest BCUT2D eigenvalue weighted by molar-refractivity contribution is 0.256. The topological polar surface area (TPSA) is 34.1 Å². The molecule has 3 rings (SSSR count). The van der Waals surface area contributed by atoms with Crippen LogP contribution in [0.5, 0.6) is 5.75 Å². The second-order valence-electron chi connectivity index (χ2n) is 5.32. The van der Waals surface area contributed by atoms with Crippen molar-refractivity contribution in [3.05, 3.63) is 35.5 Å². The third-order valence-electron chi connectivity index (χ3n) is 3.85. The van der Waals surface area contributed by atoms with Gasteiger partial charge in [0.1, 0.15) is 5.75 Å². The van der Waals surface area contributed by atoms with Gasteiger partial charge >= 0.3 is 0 Å². The van der Waals surface area contributed by atoms with Crippen molar-refractivity contribution < 1.29 is 4.74 Å². The predicted molar refractivity (Wildman–Crippen MR) is 82.5 cm³/mol. The number of benzene rings is 1. The number of nitrogens with zero attached hydrogens (tertiary/aromatic N) is 1. The standard InChI is InChI=1S/C16H19ClN2O/c17-13-3-4-14-15(10-13)19-8-5-16(14)20-9-6-12-2-1-7-18-11-12/h3-5,8,10,12,18H,1-2,6-7,9,11H2. The molecule has 0 aliphatic carbocycles. The van der Waals surface area contributed by atoms with Crippen LogP contribution in [0, 0.1) is 5.92 Å². The Hall–Kier alpha value is -1.32. The summed E-state index contributed by atoms with van der Waals surface area (Å²) in [7, 11) is 0. The molecule has 1 N–H and O–H groups in total. The Morgan fingerprint density at radius 2 is 2.30 bits per heavy atom. The molecule has 0 bridgehead atoms. The first-order valence-electron chi connectivity index (χ1n) is 7.21. The maximum atomic E-state index is 5.99. The zero-order chi connectivity index (χ0) is 13.8. The van der Waals surface area contributed by atoms with Crippen molar-refractivity contribution in [1.82, 2.24) is 10.3 Å². The van der Waals surface area contributed by atoms with Crippen molar-refractivity contribution >= 4 is 22.5 Å². The Morgan fingerprint density at radius 1 is 1.35 bits per heavy atom. The molecule has 1 unspecified atom stereocenters. The van der Waals surface area contributed by atoms with Crippen LogP contribution in [0.15, 0.2) is 30.5 Å². The van der Waals surface area contributed by atoms with Crippen LogP contribution in [0.25, 0.3) is 10.9 Å². The van der Waals surface area contributed by atoms with Crippen molar-refractivity contribution in [3.63, 3.8) is 0 Å². The Kier molecular flexibility index (Phi) is 4.38. The molecule has 2 aromatic rings. The number of pyridine rings is 1. The van der Waals surface area contributed by atoms with Gasteiger partial charge in [-0.3, -0.25) is 4.98 Å². The highest BCUT2D eigenvalue weighted by Crippen LogP contribution is 2.26. The summed E-state index contributed by atoms with van der Waals surface area (Å²) in [5.41, 5.74) is 0.884. The second-order valence-corrected chi connectivity index (χ2v) is 5.76. The summed E-state index contributed by atoms with van der Waals surface area (Å²) in [5, 5.41) is 5.17. The molecule has 20 heavy (non-hydrogen) atoms. The van der Waals surface area contributed by atoms with Crippen molar-refractivity contribution in [2.45, 2.75) is 19.3 Å². The maximum Gasteiger partial charge on any atom is 0.130 e. The van der Waals surface area contributed by atoms with E-state index in [0.29, 0.717) is 5.02 Å². The van der Waals surface area contributed by atoms with E-state index in [-0.39, 0.29) is 0 Å². The number of ether oxygens (including phenoxy) is 1. The van der Waals surface area contributed by atoms with Crippen LogP contribution in [-0.4, -0.2) is 24.7 Å². The van der Waals surface area contributed by atoms with Gasteiger partial charge in [-0.2, -0.15) is 0 Å². The van der Waals surface area contributed by atoms with E-state index in [9.17, 15) is 0 Å². The maximum absolute atomic E-state index is 5.99. The fraction of sp³-hybridized carbons (Fsp3) is 0.438. The lowest BCUT2D eigenvalue weighted by Gasteiger charge is -2.22. The van der Waals surface area contributed by atoms with Crippen LogP contribution in [0.2, 0.25) is 5.02 Å². The largest absolute Gasteiger partial charge is 0.493 e. The molecule has 0 saturated carbocycles. The molecular formula is C16H19ClN2O. The van der Waals surface area contributed by atoms with Gasteiger partial charge in [-0.25, -0.2) is 0 Å². The minimum atomic E-state index is 0.704. The summed E-state index contributed by atoms with van der Waals surface area (Å²) in [6, 6.07) is 7.65. The van der Waals surface area contributed by atoms with E-state index < -0.39 is 0 Å². The Labute approximate surface area is 124 Å². The average molecular weight is 291 g/mol. The zero-order valence-electron chi connectivity index (χ0n) is 11.4. The van der Waals surface area contributed by atoms with Gasteiger partial charge in [0, 0.05) is 16.6 Å². The smallest absolute Gasteiger partial charge is 0.130 e. The van der Waals surface area contributed by atoms with Gasteiger partial charge in [0.05, 0.1) is 12.1 Å². The predicted octanol–water partition coefficient (Wildman–Crippen LogP) is 3.66. The molecule has 1 aromatic heterocycles. The SMILES string of the molecule is Clc1ccc2c(OCCC3CCCNC3)ccnc2c1. The Bertz CT molecular complexity index is 582. The first kappa shape index (κ1) is 13.7. The summed E-state index contributed by atoms with van der Waals surface area (Å²) in [6.45, 7) is 3.04. The Morgan fingerprint density at radius 3 is 3.15 bits per heavy atom. The van der Waals surface area contributed by atoms with Crippen molar-refractivity contribution in [2.75, 3.05) is 19.7 Å². The highest BCUT2D eigenvalue weighted by molar-refractivity contribution is 6.31. The summed E-state index contributed by atoms with van der Waals surface area (Å²) < 4.78 is 5.95. The molecule has 3 nitrogen and oxygen atoms in total. The fourth-order valence-electron chi connectivity index (χ4n) is 2.73. The third kappa shape index (κ3) is 3.22. The van der Waals surface area contributed by atoms with Crippen molar-refractivity contribution in [2.24, 2.45) is 5.92 Å². The minimum absolute atomic E-state index is 0.704. The average Bonchev–Trinajstić information content (AvgIpc) is 2.48. The van der Waals surface area contributed by atoms with Crippen LogP contribution < -0.4 is 10.1 Å². The minimum Gasteiger partial charge on any atom is -0.493 e. The molecule has 1 saturated heterocycles. The monoisotopic (exact) mass is 290 g/mol. The van der Waals surface area contributed by atoms with Gasteiger partial charge < -0.3 is 10.1 Å². The molecule has 0 amide bonds. The first-order chi connectivity index (χ1) is 9.83. The molecule has 0 radical (unpaired) electrons. The van der Waals surface area contributed by atoms with Gasteiger partial charge in [0.2, 0.25) is 0 Å². The van der Waals surface area contributed by atoms with Gasteiger partial charge in [-0.1, -0.05) is 11.6 Å². The molecular weight excluding hydrogens is 272 g/mol. The van der Waals surface area contributed by atoms with E-state index in [1.165, 1.54) is 12.8 Å². The van der Waals surface area contributed by atoms with Crippen LogP contribution in [0.1, 0.15) is 19.3 Å². The number of fused-ring (bicyclic) bond motifs is 1. The Balaban J connectivity index is 1.65. The van der Waals surface area contributed by atoms with Crippen LogP contribution >= 0.6 is 11.6 Å². The number of nitrogens with one attached hydrogen (secondary N) is 1. The van der Waals surface area contributed by atoms with E-state index in [4.69, 9.17) is 16.3 Å². The van der Waals surface area contributed by atoms with E-state index in [1.54, 1.807) is 6.20 Å². The molecule has 1 aromatic carbocycles. The van der Waals surface area contributed by atoms with Crippen molar-refractivity contribution in [3.8, 4) is 5.75 Å². The van der Waals surface area contributed by atoms with Gasteiger partial charge in [-0.05, 0) is 62.5 Å². The van der Waals surface area contributed by atoms with Gasteiger partial charge in [-0.15, -0.1) is 0 Å². The summed E-state index contributed by atoms with van der Waals surface area (Å²) in [4.78, 5) is 4.33. The number of hydrogen-bond donors (Lipinski definition) is 1. The normalized spacial score (nSPS) is 19.1. The molecule has 1 aliphatic rings. The lowest BCUT2D eigenvalue weighted by Crippen LogP contribution is -2.30. The molecule has 106 valence electrons. The van der Waals surface area contributed by atoms with Crippen LogP contribution in [0.3, 0.4) is 0 Å². The lowest BCUT2D eigenvalue weighted by atomic mass is 9.97. The zero-order valence-corrected chi connectivity index (χ0v) is 12.2. The fourth-order valence-corrected chi connectivity index (χ4v) is 2.89. The number of halogens is 1. The second kappa shape index (κ2) is 6.42. The third-order valence-corrected chi connectivity index (χ3v) is 4.08. The molecule has 4 heteroatoms. The van der Waals surface area contributed by atoms with E-state index in [1.807, 2.05) is 24.3 Å². The number of rotatable bonds is 4. The number of piperidine rings is 1. The highest BCUT2D eigenvalue weighted by atomic mass is 35.5. The van der Waals surface area contributed by atoms with Crippen LogP contribution in [-0.2, 0) is 0 Å². The molecule has 1 fully saturated rings. The molecule has 1 atom stereocenters. The van der Waals surface area contributed by atoms with Gasteiger partial charge in [0.15, 0.2) is 0 Å². The molecule has 1 aliphatic heterocycles. The van der Waals surface area contributed by atoms with E-state index >= 15 is 0 Å². The summed E-state index contributed by atoms with van der Waals surface area (Å²) >= 11 is 5.99. The first-order valence-corrected chi connectivity index (χ1v) is 7.58.